The maximum atomic E-state index is 10.4. The molecule has 1 aromatic rings. The molecule has 0 atom stereocenters. The summed E-state index contributed by atoms with van der Waals surface area (Å²) >= 11 is 0. The maximum Gasteiger partial charge on any atom is 0.357 e. The number of oxazole rings is 1. The van der Waals surface area contributed by atoms with Gasteiger partial charge in [-0.3, -0.25) is 0 Å². The van der Waals surface area contributed by atoms with E-state index in [-0.39, 0.29) is 11.7 Å². The molecule has 0 spiro atoms. The SMILES string of the molecule is C#CCN(C)c1nc(C(=O)O)co1. The van der Waals surface area contributed by atoms with Crippen LogP contribution in [0.3, 0.4) is 0 Å². The molecule has 5 nitrogen and oxygen atoms in total. The number of carboxylic acid groups (broad SMARTS) is 1. The van der Waals surface area contributed by atoms with Crippen LogP contribution in [-0.2, 0) is 0 Å². The molecule has 0 amide bonds. The van der Waals surface area contributed by atoms with Gasteiger partial charge < -0.3 is 14.4 Å². The zero-order valence-corrected chi connectivity index (χ0v) is 7.02. The lowest BCUT2D eigenvalue weighted by atomic mass is 10.5. The first-order valence-electron chi connectivity index (χ1n) is 3.48. The highest BCUT2D eigenvalue weighted by Crippen LogP contribution is 2.10. The zero-order chi connectivity index (χ0) is 9.84. The second kappa shape index (κ2) is 3.63. The van der Waals surface area contributed by atoms with Gasteiger partial charge >= 0.3 is 5.97 Å². The van der Waals surface area contributed by atoms with Gasteiger partial charge in [0.1, 0.15) is 6.26 Å². The number of carboxylic acids is 1. The molecule has 1 heterocycles. The number of aromatic nitrogens is 1. The van der Waals surface area contributed by atoms with Crippen molar-refractivity contribution in [3.8, 4) is 12.3 Å². The van der Waals surface area contributed by atoms with Crippen molar-refractivity contribution < 1.29 is 14.3 Å². The molecule has 0 saturated carbocycles. The van der Waals surface area contributed by atoms with Crippen molar-refractivity contribution in [3.63, 3.8) is 0 Å². The molecule has 0 bridgehead atoms. The molecule has 1 aromatic heterocycles. The highest BCUT2D eigenvalue weighted by atomic mass is 16.4. The number of nitrogens with zero attached hydrogens (tertiary/aromatic N) is 2. The van der Waals surface area contributed by atoms with Crippen LogP contribution in [0.2, 0.25) is 0 Å². The lowest BCUT2D eigenvalue weighted by Crippen LogP contribution is -2.17. The summed E-state index contributed by atoms with van der Waals surface area (Å²) in [6, 6.07) is 0.204. The molecule has 13 heavy (non-hydrogen) atoms. The van der Waals surface area contributed by atoms with Gasteiger partial charge in [-0.2, -0.15) is 4.98 Å². The lowest BCUT2D eigenvalue weighted by Gasteiger charge is -2.08. The normalized spacial score (nSPS) is 9.23. The van der Waals surface area contributed by atoms with E-state index in [0.717, 1.165) is 6.26 Å². The highest BCUT2D eigenvalue weighted by molar-refractivity contribution is 5.85. The Morgan fingerprint density at radius 3 is 3.08 bits per heavy atom. The van der Waals surface area contributed by atoms with Gasteiger partial charge in [0.05, 0.1) is 6.54 Å². The monoisotopic (exact) mass is 180 g/mol. The molecule has 1 rings (SSSR count). The minimum atomic E-state index is -1.12. The molecule has 0 aliphatic carbocycles. The van der Waals surface area contributed by atoms with Crippen LogP contribution in [-0.4, -0.2) is 29.7 Å². The molecule has 0 saturated heterocycles. The predicted octanol–water partition coefficient (Wildman–Crippen LogP) is 0.442. The van der Waals surface area contributed by atoms with E-state index >= 15 is 0 Å². The van der Waals surface area contributed by atoms with E-state index in [1.165, 1.54) is 4.90 Å². The summed E-state index contributed by atoms with van der Waals surface area (Å²) in [5, 5.41) is 8.53. The van der Waals surface area contributed by atoms with Crippen molar-refractivity contribution in [2.24, 2.45) is 0 Å². The van der Waals surface area contributed by atoms with Crippen molar-refractivity contribution in [2.45, 2.75) is 0 Å². The Hall–Kier alpha value is -1.96. The van der Waals surface area contributed by atoms with Crippen LogP contribution in [0.4, 0.5) is 6.01 Å². The third-order valence-corrected chi connectivity index (χ3v) is 1.37. The number of hydrogen-bond acceptors (Lipinski definition) is 4. The van der Waals surface area contributed by atoms with Gasteiger partial charge in [-0.05, 0) is 0 Å². The second-order valence-electron chi connectivity index (χ2n) is 2.38. The number of rotatable bonds is 3. The van der Waals surface area contributed by atoms with Gasteiger partial charge in [-0.1, -0.05) is 5.92 Å². The fourth-order valence-corrected chi connectivity index (χ4v) is 0.742. The van der Waals surface area contributed by atoms with Crippen LogP contribution in [0, 0.1) is 12.3 Å². The van der Waals surface area contributed by atoms with Gasteiger partial charge in [-0.15, -0.1) is 6.42 Å². The molecule has 0 unspecified atom stereocenters. The molecule has 0 fully saturated rings. The van der Waals surface area contributed by atoms with E-state index in [4.69, 9.17) is 15.9 Å². The smallest absolute Gasteiger partial charge is 0.357 e. The summed E-state index contributed by atoms with van der Waals surface area (Å²) < 4.78 is 4.88. The van der Waals surface area contributed by atoms with Gasteiger partial charge in [0.2, 0.25) is 0 Å². The zero-order valence-electron chi connectivity index (χ0n) is 7.02. The third-order valence-electron chi connectivity index (χ3n) is 1.37. The van der Waals surface area contributed by atoms with Crippen LogP contribution in [0.15, 0.2) is 10.7 Å². The number of hydrogen-bond donors (Lipinski definition) is 1. The van der Waals surface area contributed by atoms with Gasteiger partial charge in [0, 0.05) is 7.05 Å². The molecular formula is C8H8N2O3. The van der Waals surface area contributed by atoms with Crippen LogP contribution in [0.5, 0.6) is 0 Å². The molecule has 1 N–H and O–H groups in total. The average Bonchev–Trinajstić information content (AvgIpc) is 2.52. The van der Waals surface area contributed by atoms with Crippen molar-refractivity contribution in [1.82, 2.24) is 4.98 Å². The van der Waals surface area contributed by atoms with E-state index in [0.29, 0.717) is 6.54 Å². The average molecular weight is 180 g/mol. The fraction of sp³-hybridized carbons (Fsp3) is 0.250. The summed E-state index contributed by atoms with van der Waals surface area (Å²) in [4.78, 5) is 15.6. The van der Waals surface area contributed by atoms with Crippen LogP contribution in [0.25, 0.3) is 0 Å². The standard InChI is InChI=1S/C8H8N2O3/c1-3-4-10(2)8-9-6(5-13-8)7(11)12/h1,5H,4H2,2H3,(H,11,12). The molecule has 0 aliphatic heterocycles. The van der Waals surface area contributed by atoms with Crippen molar-refractivity contribution in [1.29, 1.82) is 0 Å². The summed E-state index contributed by atoms with van der Waals surface area (Å²) in [7, 11) is 1.66. The number of carbonyl (C=O) groups is 1. The van der Waals surface area contributed by atoms with Crippen LogP contribution < -0.4 is 4.90 Å². The Bertz CT molecular complexity index is 351. The molecular weight excluding hydrogens is 172 g/mol. The first-order valence-corrected chi connectivity index (χ1v) is 3.48. The topological polar surface area (TPSA) is 66.6 Å². The third kappa shape index (κ3) is 1.99. The first kappa shape index (κ1) is 9.13. The van der Waals surface area contributed by atoms with Crippen molar-refractivity contribution >= 4 is 12.0 Å². The highest BCUT2D eigenvalue weighted by Gasteiger charge is 2.12. The minimum Gasteiger partial charge on any atom is -0.476 e. The Morgan fingerprint density at radius 1 is 1.92 bits per heavy atom. The first-order chi connectivity index (χ1) is 6.15. The molecule has 0 radical (unpaired) electrons. The largest absolute Gasteiger partial charge is 0.476 e. The van der Waals surface area contributed by atoms with Crippen molar-refractivity contribution in [3.05, 3.63) is 12.0 Å². The Morgan fingerprint density at radius 2 is 2.62 bits per heavy atom. The Labute approximate surface area is 75.0 Å². The second-order valence-corrected chi connectivity index (χ2v) is 2.38. The van der Waals surface area contributed by atoms with Gasteiger partial charge in [0.15, 0.2) is 5.69 Å². The van der Waals surface area contributed by atoms with E-state index in [1.807, 2.05) is 0 Å². The summed E-state index contributed by atoms with van der Waals surface area (Å²) in [5.74, 6) is 1.26. The maximum absolute atomic E-state index is 10.4. The number of terminal acetylenes is 1. The predicted molar refractivity (Wildman–Crippen MR) is 45.6 cm³/mol. The molecule has 0 aliphatic rings. The summed E-state index contributed by atoms with van der Waals surface area (Å²) in [6.07, 6.45) is 6.13. The summed E-state index contributed by atoms with van der Waals surface area (Å²) in [5.41, 5.74) is -0.126. The van der Waals surface area contributed by atoms with Gasteiger partial charge in [-0.25, -0.2) is 4.79 Å². The Kier molecular flexibility index (Phi) is 2.55. The fourth-order valence-electron chi connectivity index (χ4n) is 0.742. The Balaban J connectivity index is 2.80. The van der Waals surface area contributed by atoms with Crippen molar-refractivity contribution in [2.75, 3.05) is 18.5 Å². The molecule has 5 heteroatoms. The number of anilines is 1. The molecule has 0 aromatic carbocycles. The van der Waals surface area contributed by atoms with E-state index in [1.54, 1.807) is 7.05 Å². The van der Waals surface area contributed by atoms with Crippen LogP contribution in [0.1, 0.15) is 10.5 Å². The summed E-state index contributed by atoms with van der Waals surface area (Å²) in [6.45, 7) is 0.319. The molecule has 68 valence electrons. The van der Waals surface area contributed by atoms with E-state index in [9.17, 15) is 4.79 Å². The minimum absolute atomic E-state index is 0.126. The van der Waals surface area contributed by atoms with Crippen LogP contribution >= 0.6 is 0 Å². The quantitative estimate of drug-likeness (QED) is 0.684. The number of aromatic carboxylic acids is 1. The van der Waals surface area contributed by atoms with Gasteiger partial charge in [0.25, 0.3) is 6.01 Å². The van der Waals surface area contributed by atoms with E-state index < -0.39 is 5.97 Å². The lowest BCUT2D eigenvalue weighted by molar-refractivity contribution is 0.0690. The van der Waals surface area contributed by atoms with E-state index in [2.05, 4.69) is 10.9 Å².